The molecule has 0 unspecified atom stereocenters. The molecule has 0 radical (unpaired) electrons. The molecule has 128 valence electrons. The van der Waals surface area contributed by atoms with Crippen molar-refractivity contribution in [1.82, 2.24) is 4.31 Å². The molecule has 2 atom stereocenters. The lowest BCUT2D eigenvalue weighted by Gasteiger charge is -2.26. The van der Waals surface area contributed by atoms with Crippen LogP contribution in [0.15, 0.2) is 23.1 Å². The van der Waals surface area contributed by atoms with E-state index >= 15 is 0 Å². The van der Waals surface area contributed by atoms with Crippen molar-refractivity contribution in [3.63, 3.8) is 0 Å². The molecule has 0 aromatic heterocycles. The van der Waals surface area contributed by atoms with Gasteiger partial charge in [-0.05, 0) is 18.2 Å². The van der Waals surface area contributed by atoms with Crippen LogP contribution in [0.25, 0.3) is 0 Å². The molecule has 0 saturated carbocycles. The number of benzene rings is 1. The topological polar surface area (TPSA) is 65.1 Å². The fourth-order valence-electron chi connectivity index (χ4n) is 3.41. The van der Waals surface area contributed by atoms with Crippen molar-refractivity contribution in [3.8, 4) is 5.75 Å². The summed E-state index contributed by atoms with van der Waals surface area (Å²) in [6, 6.07) is 3.69. The Hall–Kier alpha value is -1.22. The van der Waals surface area contributed by atoms with Crippen LogP contribution in [0.3, 0.4) is 0 Å². The molecule has 2 heterocycles. The van der Waals surface area contributed by atoms with E-state index in [1.807, 2.05) is 0 Å². The summed E-state index contributed by atoms with van der Waals surface area (Å²) in [7, 11) is -0.825. The van der Waals surface area contributed by atoms with E-state index in [9.17, 15) is 12.8 Å². The molecule has 3 rings (SSSR count). The maximum Gasteiger partial charge on any atom is 0.243 e. The van der Waals surface area contributed by atoms with Gasteiger partial charge in [0.05, 0.1) is 31.8 Å². The van der Waals surface area contributed by atoms with Gasteiger partial charge in [-0.1, -0.05) is 0 Å². The minimum atomic E-state index is -3.76. The van der Waals surface area contributed by atoms with E-state index in [0.717, 1.165) is 6.07 Å². The smallest absolute Gasteiger partial charge is 0.243 e. The SMILES string of the molecule is COC[C@]12COC[C@H]1CN(S(=O)(=O)c1ccc(OC)c(F)c1)C2. The second kappa shape index (κ2) is 6.01. The zero-order chi connectivity index (χ0) is 16.7. The summed E-state index contributed by atoms with van der Waals surface area (Å²) in [5.74, 6) is -0.574. The fraction of sp³-hybridized carbons (Fsp3) is 0.600. The largest absolute Gasteiger partial charge is 0.494 e. The summed E-state index contributed by atoms with van der Waals surface area (Å²) in [6.07, 6.45) is 0. The van der Waals surface area contributed by atoms with Gasteiger partial charge in [-0.2, -0.15) is 4.31 Å². The monoisotopic (exact) mass is 345 g/mol. The predicted octanol–water partition coefficient (Wildman–Crippen LogP) is 1.12. The van der Waals surface area contributed by atoms with Crippen LogP contribution in [0.5, 0.6) is 5.75 Å². The van der Waals surface area contributed by atoms with Gasteiger partial charge in [0.15, 0.2) is 11.6 Å². The van der Waals surface area contributed by atoms with Crippen LogP contribution in [0.1, 0.15) is 0 Å². The van der Waals surface area contributed by atoms with E-state index < -0.39 is 15.8 Å². The Balaban J connectivity index is 1.88. The lowest BCUT2D eigenvalue weighted by Crippen LogP contribution is -2.37. The van der Waals surface area contributed by atoms with Crippen LogP contribution >= 0.6 is 0 Å². The normalized spacial score (nSPS) is 28.0. The standard InChI is InChI=1S/C15H20FNO5S/c1-20-9-15-8-17(6-11(15)7-22-10-15)23(18,19)12-3-4-14(21-2)13(16)5-12/h3-5,11H,6-10H2,1-2H3/t11-,15-/m1/s1. The molecule has 2 aliphatic rings. The first-order valence-electron chi connectivity index (χ1n) is 7.33. The van der Waals surface area contributed by atoms with E-state index in [0.29, 0.717) is 32.9 Å². The predicted molar refractivity (Wildman–Crippen MR) is 80.3 cm³/mol. The number of methoxy groups -OCH3 is 2. The first-order valence-corrected chi connectivity index (χ1v) is 8.77. The first-order chi connectivity index (χ1) is 10.9. The molecule has 6 nitrogen and oxygen atoms in total. The Morgan fingerprint density at radius 1 is 1.43 bits per heavy atom. The summed E-state index contributed by atoms with van der Waals surface area (Å²) in [5.41, 5.74) is -0.313. The van der Waals surface area contributed by atoms with Crippen LogP contribution in [-0.4, -0.2) is 59.9 Å². The molecule has 2 fully saturated rings. The Bertz CT molecular complexity index is 695. The van der Waals surface area contributed by atoms with Crippen LogP contribution in [0, 0.1) is 17.2 Å². The van der Waals surface area contributed by atoms with Gasteiger partial charge in [-0.25, -0.2) is 12.8 Å². The lowest BCUT2D eigenvalue weighted by atomic mass is 9.82. The zero-order valence-corrected chi connectivity index (χ0v) is 13.9. The molecule has 0 aliphatic carbocycles. The van der Waals surface area contributed by atoms with Crippen LogP contribution in [0.2, 0.25) is 0 Å². The van der Waals surface area contributed by atoms with Crippen LogP contribution < -0.4 is 4.74 Å². The van der Waals surface area contributed by atoms with Gasteiger partial charge < -0.3 is 14.2 Å². The second-order valence-electron chi connectivity index (χ2n) is 6.10. The van der Waals surface area contributed by atoms with E-state index in [4.69, 9.17) is 14.2 Å². The van der Waals surface area contributed by atoms with E-state index in [-0.39, 0.29) is 22.0 Å². The maximum atomic E-state index is 13.8. The van der Waals surface area contributed by atoms with Crippen molar-refractivity contribution in [2.24, 2.45) is 11.3 Å². The highest BCUT2D eigenvalue weighted by Gasteiger charge is 2.53. The number of sulfonamides is 1. The van der Waals surface area contributed by atoms with E-state index in [2.05, 4.69) is 0 Å². The molecule has 0 bridgehead atoms. The summed E-state index contributed by atoms with van der Waals surface area (Å²) in [5, 5.41) is 0. The van der Waals surface area contributed by atoms with Gasteiger partial charge in [-0.3, -0.25) is 0 Å². The lowest BCUT2D eigenvalue weighted by molar-refractivity contribution is 0.0601. The third kappa shape index (κ3) is 2.73. The zero-order valence-electron chi connectivity index (χ0n) is 13.1. The molecule has 1 aromatic carbocycles. The Labute approximate surface area is 135 Å². The number of hydrogen-bond donors (Lipinski definition) is 0. The Morgan fingerprint density at radius 2 is 2.22 bits per heavy atom. The first kappa shape index (κ1) is 16.6. The molecular weight excluding hydrogens is 325 g/mol. The van der Waals surface area contributed by atoms with Gasteiger partial charge >= 0.3 is 0 Å². The minimum absolute atomic E-state index is 0.0199. The van der Waals surface area contributed by atoms with E-state index in [1.54, 1.807) is 7.11 Å². The third-order valence-electron chi connectivity index (χ3n) is 4.68. The summed E-state index contributed by atoms with van der Waals surface area (Å²) in [4.78, 5) is -0.0655. The highest BCUT2D eigenvalue weighted by atomic mass is 32.2. The summed E-state index contributed by atoms with van der Waals surface area (Å²) >= 11 is 0. The number of rotatable bonds is 5. The maximum absolute atomic E-state index is 13.8. The highest BCUT2D eigenvalue weighted by Crippen LogP contribution is 2.43. The highest BCUT2D eigenvalue weighted by molar-refractivity contribution is 7.89. The molecule has 0 N–H and O–H groups in total. The van der Waals surface area contributed by atoms with Crippen molar-refractivity contribution in [3.05, 3.63) is 24.0 Å². The second-order valence-corrected chi connectivity index (χ2v) is 8.04. The van der Waals surface area contributed by atoms with Crippen molar-refractivity contribution < 1.29 is 27.0 Å². The number of ether oxygens (including phenoxy) is 3. The minimum Gasteiger partial charge on any atom is -0.494 e. The van der Waals surface area contributed by atoms with Crippen molar-refractivity contribution >= 4 is 10.0 Å². The van der Waals surface area contributed by atoms with Gasteiger partial charge in [0, 0.05) is 31.5 Å². The van der Waals surface area contributed by atoms with Crippen LogP contribution in [-0.2, 0) is 19.5 Å². The number of fused-ring (bicyclic) bond motifs is 1. The molecule has 2 saturated heterocycles. The molecule has 0 spiro atoms. The molecule has 1 aromatic rings. The van der Waals surface area contributed by atoms with Crippen molar-refractivity contribution in [1.29, 1.82) is 0 Å². The quantitative estimate of drug-likeness (QED) is 0.800. The van der Waals surface area contributed by atoms with Gasteiger partial charge in [-0.15, -0.1) is 0 Å². The Kier molecular flexibility index (Phi) is 4.35. The van der Waals surface area contributed by atoms with Crippen molar-refractivity contribution in [2.75, 3.05) is 47.1 Å². The van der Waals surface area contributed by atoms with Crippen LogP contribution in [0.4, 0.5) is 4.39 Å². The number of nitrogens with zero attached hydrogens (tertiary/aromatic N) is 1. The average molecular weight is 345 g/mol. The molecular formula is C15H20FNO5S. The molecule has 8 heteroatoms. The van der Waals surface area contributed by atoms with Gasteiger partial charge in [0.1, 0.15) is 0 Å². The fourth-order valence-corrected chi connectivity index (χ4v) is 5.01. The number of halogens is 1. The Morgan fingerprint density at radius 3 is 2.87 bits per heavy atom. The third-order valence-corrected chi connectivity index (χ3v) is 6.49. The van der Waals surface area contributed by atoms with Crippen molar-refractivity contribution in [2.45, 2.75) is 4.90 Å². The number of hydrogen-bond acceptors (Lipinski definition) is 5. The molecule has 2 aliphatic heterocycles. The van der Waals surface area contributed by atoms with Gasteiger partial charge in [0.25, 0.3) is 0 Å². The van der Waals surface area contributed by atoms with E-state index in [1.165, 1.54) is 23.5 Å². The van der Waals surface area contributed by atoms with Gasteiger partial charge in [0.2, 0.25) is 10.0 Å². The average Bonchev–Trinajstić information content (AvgIpc) is 3.04. The molecule has 0 amide bonds. The summed E-state index contributed by atoms with van der Waals surface area (Å²) in [6.45, 7) is 2.13. The molecule has 23 heavy (non-hydrogen) atoms. The summed E-state index contributed by atoms with van der Waals surface area (Å²) < 4.78 is 56.5.